The highest BCUT2D eigenvalue weighted by Gasteiger charge is 2.28. The van der Waals surface area contributed by atoms with Crippen molar-refractivity contribution < 1.29 is 14.9 Å². The van der Waals surface area contributed by atoms with E-state index in [0.717, 1.165) is 25.7 Å². The molecule has 1 aromatic rings. The van der Waals surface area contributed by atoms with Crippen molar-refractivity contribution in [2.24, 2.45) is 0 Å². The fourth-order valence-electron chi connectivity index (χ4n) is 2.60. The highest BCUT2D eigenvalue weighted by molar-refractivity contribution is 5.32. The summed E-state index contributed by atoms with van der Waals surface area (Å²) in [7, 11) is 0. The van der Waals surface area contributed by atoms with E-state index >= 15 is 0 Å². The molecule has 0 saturated heterocycles. The molecule has 0 spiro atoms. The standard InChI is InChI=1S/C16H21NO3/c17-11-15(18)13-6-5-7-14(10-13)20-12-16(19)8-3-1-2-4-9-16/h5-7,10,15,18-19H,1-4,8-9,12H2. The first kappa shape index (κ1) is 14.8. The molecule has 1 fully saturated rings. The monoisotopic (exact) mass is 275 g/mol. The fourth-order valence-corrected chi connectivity index (χ4v) is 2.60. The van der Waals surface area contributed by atoms with Crippen molar-refractivity contribution in [3.8, 4) is 11.8 Å². The lowest BCUT2D eigenvalue weighted by Gasteiger charge is -2.26. The third kappa shape index (κ3) is 3.96. The summed E-state index contributed by atoms with van der Waals surface area (Å²) in [5, 5.41) is 28.7. The summed E-state index contributed by atoms with van der Waals surface area (Å²) < 4.78 is 5.67. The van der Waals surface area contributed by atoms with Gasteiger partial charge < -0.3 is 14.9 Å². The van der Waals surface area contributed by atoms with Gasteiger partial charge in [-0.05, 0) is 30.5 Å². The highest BCUT2D eigenvalue weighted by Crippen LogP contribution is 2.28. The minimum absolute atomic E-state index is 0.263. The van der Waals surface area contributed by atoms with E-state index in [4.69, 9.17) is 10.00 Å². The van der Waals surface area contributed by atoms with Crippen LogP contribution in [0.1, 0.15) is 50.2 Å². The molecule has 1 aliphatic carbocycles. The van der Waals surface area contributed by atoms with Crippen LogP contribution >= 0.6 is 0 Å². The van der Waals surface area contributed by atoms with Crippen LogP contribution in [0.5, 0.6) is 5.75 Å². The van der Waals surface area contributed by atoms with Crippen LogP contribution in [0, 0.1) is 11.3 Å². The third-order valence-corrected chi connectivity index (χ3v) is 3.84. The summed E-state index contributed by atoms with van der Waals surface area (Å²) in [6, 6.07) is 8.62. The van der Waals surface area contributed by atoms with Crippen molar-refractivity contribution in [1.29, 1.82) is 5.26 Å². The van der Waals surface area contributed by atoms with Crippen LogP contribution in [-0.4, -0.2) is 22.4 Å². The minimum atomic E-state index is -1.14. The Morgan fingerprint density at radius 1 is 1.25 bits per heavy atom. The summed E-state index contributed by atoms with van der Waals surface area (Å²) in [6.45, 7) is 0.263. The van der Waals surface area contributed by atoms with Gasteiger partial charge in [-0.15, -0.1) is 0 Å². The van der Waals surface area contributed by atoms with Gasteiger partial charge in [0.2, 0.25) is 0 Å². The molecule has 108 valence electrons. The molecule has 0 bridgehead atoms. The van der Waals surface area contributed by atoms with E-state index in [-0.39, 0.29) is 6.61 Å². The van der Waals surface area contributed by atoms with Gasteiger partial charge in [-0.2, -0.15) is 5.26 Å². The molecule has 1 atom stereocenters. The first-order valence-corrected chi connectivity index (χ1v) is 7.16. The predicted octanol–water partition coefficient (Wildman–Crippen LogP) is 2.71. The normalized spacial score (nSPS) is 19.6. The molecule has 2 N–H and O–H groups in total. The molecule has 1 aliphatic rings. The van der Waals surface area contributed by atoms with Gasteiger partial charge in [-0.3, -0.25) is 0 Å². The highest BCUT2D eigenvalue weighted by atomic mass is 16.5. The number of hydrogen-bond donors (Lipinski definition) is 2. The lowest BCUT2D eigenvalue weighted by Crippen LogP contribution is -2.35. The van der Waals surface area contributed by atoms with E-state index in [1.807, 2.05) is 0 Å². The molecule has 1 unspecified atom stereocenters. The van der Waals surface area contributed by atoms with E-state index in [0.29, 0.717) is 11.3 Å². The van der Waals surface area contributed by atoms with Crippen LogP contribution in [-0.2, 0) is 0 Å². The summed E-state index contributed by atoms with van der Waals surface area (Å²) in [4.78, 5) is 0. The van der Waals surface area contributed by atoms with Gasteiger partial charge in [-0.25, -0.2) is 0 Å². The summed E-state index contributed by atoms with van der Waals surface area (Å²) in [5.74, 6) is 0.578. The van der Waals surface area contributed by atoms with Crippen LogP contribution in [0.25, 0.3) is 0 Å². The molecule has 4 heteroatoms. The number of benzene rings is 1. The number of hydrogen-bond acceptors (Lipinski definition) is 4. The maximum atomic E-state index is 10.5. The van der Waals surface area contributed by atoms with Crippen molar-refractivity contribution in [3.05, 3.63) is 29.8 Å². The van der Waals surface area contributed by atoms with Gasteiger partial charge in [0.15, 0.2) is 6.10 Å². The third-order valence-electron chi connectivity index (χ3n) is 3.84. The summed E-state index contributed by atoms with van der Waals surface area (Å²) in [6.07, 6.45) is 4.82. The van der Waals surface area contributed by atoms with E-state index in [9.17, 15) is 10.2 Å². The SMILES string of the molecule is N#CC(O)c1cccc(OCC2(O)CCCCCC2)c1. The van der Waals surface area contributed by atoms with E-state index in [1.165, 1.54) is 12.8 Å². The fraction of sp³-hybridized carbons (Fsp3) is 0.562. The Balaban J connectivity index is 1.98. The molecule has 0 heterocycles. The van der Waals surface area contributed by atoms with E-state index in [2.05, 4.69) is 0 Å². The lowest BCUT2D eigenvalue weighted by atomic mass is 9.96. The minimum Gasteiger partial charge on any atom is -0.491 e. The number of aliphatic hydroxyl groups excluding tert-OH is 1. The second-order valence-corrected chi connectivity index (χ2v) is 5.53. The largest absolute Gasteiger partial charge is 0.491 e. The number of nitriles is 1. The summed E-state index contributed by atoms with van der Waals surface area (Å²) >= 11 is 0. The molecule has 4 nitrogen and oxygen atoms in total. The maximum Gasteiger partial charge on any atom is 0.166 e. The molecule has 0 radical (unpaired) electrons. The van der Waals surface area contributed by atoms with Crippen molar-refractivity contribution in [1.82, 2.24) is 0 Å². The average Bonchev–Trinajstić information content (AvgIpc) is 2.70. The first-order chi connectivity index (χ1) is 9.63. The molecular formula is C16H21NO3. The Morgan fingerprint density at radius 3 is 2.60 bits per heavy atom. The molecule has 1 aromatic carbocycles. The average molecular weight is 275 g/mol. The van der Waals surface area contributed by atoms with E-state index in [1.54, 1.807) is 30.3 Å². The van der Waals surface area contributed by atoms with Crippen LogP contribution in [0.4, 0.5) is 0 Å². The Hall–Kier alpha value is -1.57. The van der Waals surface area contributed by atoms with Crippen LogP contribution in [0.15, 0.2) is 24.3 Å². The Morgan fingerprint density at radius 2 is 1.95 bits per heavy atom. The smallest absolute Gasteiger partial charge is 0.166 e. The zero-order chi connectivity index (χ0) is 14.4. The van der Waals surface area contributed by atoms with Crippen molar-refractivity contribution >= 4 is 0 Å². The van der Waals surface area contributed by atoms with Gasteiger partial charge in [-0.1, -0.05) is 37.8 Å². The van der Waals surface area contributed by atoms with Crippen molar-refractivity contribution in [2.45, 2.75) is 50.2 Å². The van der Waals surface area contributed by atoms with Crippen LogP contribution in [0.2, 0.25) is 0 Å². The van der Waals surface area contributed by atoms with Gasteiger partial charge in [0, 0.05) is 0 Å². The lowest BCUT2D eigenvalue weighted by molar-refractivity contribution is -0.0173. The second-order valence-electron chi connectivity index (χ2n) is 5.53. The van der Waals surface area contributed by atoms with E-state index < -0.39 is 11.7 Å². The molecule has 0 amide bonds. The topological polar surface area (TPSA) is 73.5 Å². The van der Waals surface area contributed by atoms with Gasteiger partial charge in [0.1, 0.15) is 12.4 Å². The van der Waals surface area contributed by atoms with Crippen molar-refractivity contribution in [2.75, 3.05) is 6.61 Å². The first-order valence-electron chi connectivity index (χ1n) is 7.16. The second kappa shape index (κ2) is 6.74. The van der Waals surface area contributed by atoms with Crippen molar-refractivity contribution in [3.63, 3.8) is 0 Å². The zero-order valence-electron chi connectivity index (χ0n) is 11.6. The molecule has 0 aromatic heterocycles. The molecule has 0 aliphatic heterocycles. The quantitative estimate of drug-likeness (QED) is 0.654. The van der Waals surface area contributed by atoms with Gasteiger partial charge in [0.05, 0.1) is 11.7 Å². The molecule has 2 rings (SSSR count). The van der Waals surface area contributed by atoms with Gasteiger partial charge in [0.25, 0.3) is 0 Å². The predicted molar refractivity (Wildman–Crippen MR) is 75.2 cm³/mol. The molecule has 20 heavy (non-hydrogen) atoms. The Kier molecular flexibility index (Phi) is 4.99. The molecular weight excluding hydrogens is 254 g/mol. The maximum absolute atomic E-state index is 10.5. The zero-order valence-corrected chi connectivity index (χ0v) is 11.6. The molecule has 1 saturated carbocycles. The Labute approximate surface area is 119 Å². The number of rotatable bonds is 4. The van der Waals surface area contributed by atoms with Gasteiger partial charge >= 0.3 is 0 Å². The number of nitrogens with zero attached hydrogens (tertiary/aromatic N) is 1. The number of ether oxygens (including phenoxy) is 1. The Bertz CT molecular complexity index is 473. The van der Waals surface area contributed by atoms with Crippen LogP contribution < -0.4 is 4.74 Å². The number of aliphatic hydroxyl groups is 2. The summed E-state index contributed by atoms with van der Waals surface area (Å²) in [5.41, 5.74) is -0.238. The van der Waals surface area contributed by atoms with Crippen LogP contribution in [0.3, 0.4) is 0 Å².